The van der Waals surface area contributed by atoms with Gasteiger partial charge in [-0.15, -0.1) is 12.3 Å². The number of halogens is 3. The Labute approximate surface area is 91.6 Å². The van der Waals surface area contributed by atoms with Crippen molar-refractivity contribution in [2.75, 3.05) is 0 Å². The zero-order valence-corrected chi connectivity index (χ0v) is 8.38. The van der Waals surface area contributed by atoms with Crippen LogP contribution in [0.3, 0.4) is 0 Å². The van der Waals surface area contributed by atoms with Crippen molar-refractivity contribution in [2.45, 2.75) is 18.6 Å². The number of rotatable bonds is 3. The number of alkyl halides is 3. The number of hydrogen-bond acceptors (Lipinski definition) is 2. The van der Waals surface area contributed by atoms with E-state index >= 15 is 0 Å². The Morgan fingerprint density at radius 3 is 2.62 bits per heavy atom. The summed E-state index contributed by atoms with van der Waals surface area (Å²) in [4.78, 5) is 0. The fraction of sp³-hybridized carbons (Fsp3) is 0.273. The van der Waals surface area contributed by atoms with Crippen molar-refractivity contribution in [1.82, 2.24) is 5.43 Å². The topological polar surface area (TPSA) is 38.0 Å². The summed E-state index contributed by atoms with van der Waals surface area (Å²) in [5, 5.41) is 0. The van der Waals surface area contributed by atoms with Crippen molar-refractivity contribution in [1.29, 1.82) is 0 Å². The second-order valence-electron chi connectivity index (χ2n) is 3.25. The van der Waals surface area contributed by atoms with Gasteiger partial charge in [0.2, 0.25) is 0 Å². The van der Waals surface area contributed by atoms with E-state index in [0.29, 0.717) is 5.56 Å². The second kappa shape index (κ2) is 5.01. The zero-order valence-electron chi connectivity index (χ0n) is 8.38. The predicted octanol–water partition coefficient (Wildman–Crippen LogP) is 2.23. The van der Waals surface area contributed by atoms with Crippen LogP contribution in [0, 0.1) is 12.3 Å². The molecule has 1 aromatic rings. The van der Waals surface area contributed by atoms with Crippen LogP contribution in [0.2, 0.25) is 0 Å². The van der Waals surface area contributed by atoms with Crippen molar-refractivity contribution in [2.24, 2.45) is 5.84 Å². The summed E-state index contributed by atoms with van der Waals surface area (Å²) in [6, 6.07) is 4.47. The molecule has 0 aromatic heterocycles. The Balaban J connectivity index is 3.02. The minimum Gasteiger partial charge on any atom is -0.271 e. The molecule has 16 heavy (non-hydrogen) atoms. The first-order valence-corrected chi connectivity index (χ1v) is 4.55. The van der Waals surface area contributed by atoms with Gasteiger partial charge in [-0.1, -0.05) is 12.1 Å². The number of nitrogens with two attached hydrogens (primary N) is 1. The van der Waals surface area contributed by atoms with Crippen LogP contribution >= 0.6 is 0 Å². The number of benzene rings is 1. The molecule has 86 valence electrons. The molecule has 0 radical (unpaired) electrons. The van der Waals surface area contributed by atoms with E-state index in [1.807, 2.05) is 0 Å². The van der Waals surface area contributed by atoms with Gasteiger partial charge >= 0.3 is 6.18 Å². The molecule has 5 heteroatoms. The molecule has 2 nitrogen and oxygen atoms in total. The van der Waals surface area contributed by atoms with E-state index in [1.165, 1.54) is 6.07 Å². The molecule has 0 spiro atoms. The fourth-order valence-electron chi connectivity index (χ4n) is 1.32. The van der Waals surface area contributed by atoms with Crippen LogP contribution in [0.25, 0.3) is 0 Å². The normalized spacial score (nSPS) is 13.2. The van der Waals surface area contributed by atoms with Gasteiger partial charge in [-0.2, -0.15) is 13.2 Å². The van der Waals surface area contributed by atoms with Crippen molar-refractivity contribution < 1.29 is 13.2 Å². The van der Waals surface area contributed by atoms with E-state index in [1.54, 1.807) is 6.07 Å². The third-order valence-corrected chi connectivity index (χ3v) is 2.14. The highest BCUT2D eigenvalue weighted by molar-refractivity contribution is 5.28. The molecule has 0 saturated carbocycles. The minimum atomic E-state index is -4.36. The maximum atomic E-state index is 12.4. The minimum absolute atomic E-state index is 0.234. The summed E-state index contributed by atoms with van der Waals surface area (Å²) in [5.41, 5.74) is 2.11. The molecule has 0 amide bonds. The molecular formula is C11H11F3N2. The number of nitrogens with one attached hydrogen (secondary N) is 1. The summed E-state index contributed by atoms with van der Waals surface area (Å²) in [6.45, 7) is 0. The van der Waals surface area contributed by atoms with Crippen LogP contribution in [0.5, 0.6) is 0 Å². The van der Waals surface area contributed by atoms with E-state index in [2.05, 4.69) is 11.3 Å². The fourth-order valence-corrected chi connectivity index (χ4v) is 1.32. The van der Waals surface area contributed by atoms with Gasteiger partial charge in [-0.25, -0.2) is 0 Å². The molecule has 0 bridgehead atoms. The maximum Gasteiger partial charge on any atom is 0.416 e. The average Bonchev–Trinajstić information content (AvgIpc) is 2.25. The predicted molar refractivity (Wildman–Crippen MR) is 55.0 cm³/mol. The van der Waals surface area contributed by atoms with Crippen LogP contribution in [-0.4, -0.2) is 0 Å². The van der Waals surface area contributed by atoms with Gasteiger partial charge in [0, 0.05) is 6.42 Å². The van der Waals surface area contributed by atoms with Crippen molar-refractivity contribution >= 4 is 0 Å². The molecule has 1 atom stereocenters. The molecule has 0 fully saturated rings. The van der Waals surface area contributed by atoms with E-state index in [4.69, 9.17) is 12.3 Å². The standard InChI is InChI=1S/C11H11F3N2/c1-2-4-10(16-15)8-5-3-6-9(7-8)11(12,13)14/h1,3,5-7,10,16H,4,15H2. The highest BCUT2D eigenvalue weighted by Crippen LogP contribution is 2.31. The first kappa shape index (κ1) is 12.6. The van der Waals surface area contributed by atoms with Crippen molar-refractivity contribution in [3.63, 3.8) is 0 Å². The van der Waals surface area contributed by atoms with E-state index < -0.39 is 17.8 Å². The summed E-state index contributed by atoms with van der Waals surface area (Å²) in [6.07, 6.45) is 0.976. The number of hydrazine groups is 1. The van der Waals surface area contributed by atoms with E-state index in [0.717, 1.165) is 12.1 Å². The van der Waals surface area contributed by atoms with Crippen molar-refractivity contribution in [3.8, 4) is 12.3 Å². The summed E-state index contributed by atoms with van der Waals surface area (Å²) >= 11 is 0. The average molecular weight is 228 g/mol. The third-order valence-electron chi connectivity index (χ3n) is 2.14. The molecule has 0 aliphatic carbocycles. The van der Waals surface area contributed by atoms with Crippen LogP contribution in [-0.2, 0) is 6.18 Å². The Hall–Kier alpha value is -1.51. The highest BCUT2D eigenvalue weighted by Gasteiger charge is 2.30. The van der Waals surface area contributed by atoms with Gasteiger partial charge in [0.05, 0.1) is 11.6 Å². The number of terminal acetylenes is 1. The van der Waals surface area contributed by atoms with Crippen LogP contribution in [0.15, 0.2) is 24.3 Å². The van der Waals surface area contributed by atoms with E-state index in [-0.39, 0.29) is 6.42 Å². The quantitative estimate of drug-likeness (QED) is 0.473. The lowest BCUT2D eigenvalue weighted by Crippen LogP contribution is -2.27. The Bertz CT molecular complexity index is 393. The van der Waals surface area contributed by atoms with Gasteiger partial charge in [0.15, 0.2) is 0 Å². The molecule has 1 unspecified atom stereocenters. The SMILES string of the molecule is C#CCC(NN)c1cccc(C(F)(F)F)c1. The monoisotopic (exact) mass is 228 g/mol. The lowest BCUT2D eigenvalue weighted by molar-refractivity contribution is -0.137. The Morgan fingerprint density at radius 1 is 1.44 bits per heavy atom. The van der Waals surface area contributed by atoms with Gasteiger partial charge in [0.1, 0.15) is 0 Å². The van der Waals surface area contributed by atoms with E-state index in [9.17, 15) is 13.2 Å². The first-order valence-electron chi connectivity index (χ1n) is 4.55. The van der Waals surface area contributed by atoms with Gasteiger partial charge in [0.25, 0.3) is 0 Å². The molecule has 0 saturated heterocycles. The summed E-state index contributed by atoms with van der Waals surface area (Å²) < 4.78 is 37.3. The molecule has 0 aliphatic rings. The van der Waals surface area contributed by atoms with Crippen molar-refractivity contribution in [3.05, 3.63) is 35.4 Å². The van der Waals surface area contributed by atoms with Gasteiger partial charge in [-0.05, 0) is 17.7 Å². The first-order chi connectivity index (χ1) is 7.49. The van der Waals surface area contributed by atoms with Crippen LogP contribution in [0.4, 0.5) is 13.2 Å². The van der Waals surface area contributed by atoms with Crippen LogP contribution < -0.4 is 11.3 Å². The molecular weight excluding hydrogens is 217 g/mol. The summed E-state index contributed by atoms with van der Waals surface area (Å²) in [7, 11) is 0. The Kier molecular flexibility index (Phi) is 3.93. The molecule has 0 aliphatic heterocycles. The summed E-state index contributed by atoms with van der Waals surface area (Å²) in [5.74, 6) is 7.57. The smallest absolute Gasteiger partial charge is 0.271 e. The molecule has 3 N–H and O–H groups in total. The molecule has 0 heterocycles. The zero-order chi connectivity index (χ0) is 12.2. The molecule has 1 rings (SSSR count). The highest BCUT2D eigenvalue weighted by atomic mass is 19.4. The second-order valence-corrected chi connectivity index (χ2v) is 3.25. The van der Waals surface area contributed by atoms with Gasteiger partial charge in [-0.3, -0.25) is 11.3 Å². The largest absolute Gasteiger partial charge is 0.416 e. The Morgan fingerprint density at radius 2 is 2.12 bits per heavy atom. The maximum absolute atomic E-state index is 12.4. The molecule has 1 aromatic carbocycles. The third kappa shape index (κ3) is 2.99. The lowest BCUT2D eigenvalue weighted by Gasteiger charge is -2.15. The number of hydrogen-bond donors (Lipinski definition) is 2. The van der Waals surface area contributed by atoms with Gasteiger partial charge < -0.3 is 0 Å². The lowest BCUT2D eigenvalue weighted by atomic mass is 10.0. The van der Waals surface area contributed by atoms with Crippen LogP contribution in [0.1, 0.15) is 23.6 Å².